The molecule has 0 amide bonds. The molecule has 4 heteroatoms. The van der Waals surface area contributed by atoms with E-state index in [9.17, 15) is 0 Å². The standard InChI is InChI=1S/C16H17Cl2NO/c1-2-14(19)12-7-3-4-9-15(12)20-10-11-6-5-8-13(17)16(11)18/h3-9,14H,2,10,19H2,1H3. The first-order valence-corrected chi connectivity index (χ1v) is 7.29. The zero-order valence-electron chi connectivity index (χ0n) is 11.3. The topological polar surface area (TPSA) is 35.2 Å². The van der Waals surface area contributed by atoms with Crippen LogP contribution in [0.25, 0.3) is 0 Å². The fraction of sp³-hybridized carbons (Fsp3) is 0.250. The second kappa shape index (κ2) is 6.98. The lowest BCUT2D eigenvalue weighted by molar-refractivity contribution is 0.301. The molecule has 2 nitrogen and oxygen atoms in total. The maximum absolute atomic E-state index is 6.15. The number of ether oxygens (including phenoxy) is 1. The molecule has 0 saturated carbocycles. The van der Waals surface area contributed by atoms with Crippen molar-refractivity contribution >= 4 is 23.2 Å². The lowest BCUT2D eigenvalue weighted by atomic mass is 10.0. The van der Waals surface area contributed by atoms with E-state index in [1.807, 2.05) is 36.4 Å². The van der Waals surface area contributed by atoms with Crippen molar-refractivity contribution < 1.29 is 4.74 Å². The van der Waals surface area contributed by atoms with Crippen LogP contribution < -0.4 is 10.5 Å². The van der Waals surface area contributed by atoms with Crippen LogP contribution in [0.5, 0.6) is 5.75 Å². The molecule has 106 valence electrons. The molecule has 0 saturated heterocycles. The highest BCUT2D eigenvalue weighted by Gasteiger charge is 2.11. The summed E-state index contributed by atoms with van der Waals surface area (Å²) >= 11 is 12.1. The maximum Gasteiger partial charge on any atom is 0.124 e. The van der Waals surface area contributed by atoms with Gasteiger partial charge in [-0.1, -0.05) is 60.5 Å². The summed E-state index contributed by atoms with van der Waals surface area (Å²) in [6, 6.07) is 13.3. The quantitative estimate of drug-likeness (QED) is 0.845. The van der Waals surface area contributed by atoms with Crippen LogP contribution in [0, 0.1) is 0 Å². The Hall–Kier alpha value is -1.22. The highest BCUT2D eigenvalue weighted by Crippen LogP contribution is 2.29. The summed E-state index contributed by atoms with van der Waals surface area (Å²) in [5, 5.41) is 1.07. The fourth-order valence-corrected chi connectivity index (χ4v) is 2.33. The van der Waals surface area contributed by atoms with Gasteiger partial charge in [-0.05, 0) is 18.6 Å². The van der Waals surface area contributed by atoms with Gasteiger partial charge in [0.25, 0.3) is 0 Å². The van der Waals surface area contributed by atoms with E-state index in [0.29, 0.717) is 16.7 Å². The number of rotatable bonds is 5. The van der Waals surface area contributed by atoms with Crippen molar-refractivity contribution in [3.05, 3.63) is 63.6 Å². The zero-order valence-corrected chi connectivity index (χ0v) is 12.8. The first-order valence-electron chi connectivity index (χ1n) is 6.53. The Labute approximate surface area is 129 Å². The van der Waals surface area contributed by atoms with Gasteiger partial charge >= 0.3 is 0 Å². The molecule has 1 atom stereocenters. The molecule has 0 aliphatic heterocycles. The van der Waals surface area contributed by atoms with Crippen molar-refractivity contribution in [3.8, 4) is 5.75 Å². The first kappa shape index (κ1) is 15.2. The van der Waals surface area contributed by atoms with Gasteiger partial charge in [0.2, 0.25) is 0 Å². The van der Waals surface area contributed by atoms with Crippen LogP contribution in [0.15, 0.2) is 42.5 Å². The molecule has 0 radical (unpaired) electrons. The molecule has 0 heterocycles. The van der Waals surface area contributed by atoms with Gasteiger partial charge in [-0.25, -0.2) is 0 Å². The fourth-order valence-electron chi connectivity index (χ4n) is 1.95. The lowest BCUT2D eigenvalue weighted by Crippen LogP contribution is -2.10. The molecule has 0 fully saturated rings. The summed E-state index contributed by atoms with van der Waals surface area (Å²) in [4.78, 5) is 0. The lowest BCUT2D eigenvalue weighted by Gasteiger charge is -2.16. The van der Waals surface area contributed by atoms with Crippen LogP contribution >= 0.6 is 23.2 Å². The summed E-state index contributed by atoms with van der Waals surface area (Å²) in [5.74, 6) is 0.790. The highest BCUT2D eigenvalue weighted by atomic mass is 35.5. The Morgan fingerprint density at radius 3 is 2.60 bits per heavy atom. The van der Waals surface area contributed by atoms with E-state index in [1.54, 1.807) is 6.07 Å². The monoisotopic (exact) mass is 309 g/mol. The van der Waals surface area contributed by atoms with Gasteiger partial charge in [0.15, 0.2) is 0 Å². The number of halogens is 2. The minimum absolute atomic E-state index is 0.0268. The number of hydrogen-bond acceptors (Lipinski definition) is 2. The van der Waals surface area contributed by atoms with Gasteiger partial charge in [0, 0.05) is 17.2 Å². The molecule has 0 aromatic heterocycles. The molecule has 2 aromatic carbocycles. The van der Waals surface area contributed by atoms with Crippen molar-refractivity contribution in [3.63, 3.8) is 0 Å². The molecular weight excluding hydrogens is 293 g/mol. The molecule has 0 bridgehead atoms. The normalized spacial score (nSPS) is 12.2. The second-order valence-electron chi connectivity index (χ2n) is 4.55. The van der Waals surface area contributed by atoms with Crippen molar-refractivity contribution in [1.29, 1.82) is 0 Å². The average Bonchev–Trinajstić information content (AvgIpc) is 2.48. The van der Waals surface area contributed by atoms with E-state index in [4.69, 9.17) is 33.7 Å². The van der Waals surface area contributed by atoms with Gasteiger partial charge in [0.05, 0.1) is 10.0 Å². The molecule has 2 aromatic rings. The van der Waals surface area contributed by atoms with E-state index < -0.39 is 0 Å². The number of para-hydroxylation sites is 1. The molecule has 0 aliphatic rings. The number of nitrogens with two attached hydrogens (primary N) is 1. The summed E-state index contributed by atoms with van der Waals surface area (Å²) in [5.41, 5.74) is 7.96. The predicted molar refractivity (Wildman–Crippen MR) is 84.5 cm³/mol. The molecular formula is C16H17Cl2NO. The minimum atomic E-state index is -0.0268. The Morgan fingerprint density at radius 2 is 1.85 bits per heavy atom. The van der Waals surface area contributed by atoms with Gasteiger partial charge in [0.1, 0.15) is 12.4 Å². The SMILES string of the molecule is CCC(N)c1ccccc1OCc1cccc(Cl)c1Cl. The summed E-state index contributed by atoms with van der Waals surface area (Å²) in [7, 11) is 0. The Balaban J connectivity index is 2.17. The third kappa shape index (κ3) is 3.45. The molecule has 1 unspecified atom stereocenters. The molecule has 0 aliphatic carbocycles. The van der Waals surface area contributed by atoms with E-state index in [0.717, 1.165) is 23.3 Å². The maximum atomic E-state index is 6.15. The first-order chi connectivity index (χ1) is 9.63. The van der Waals surface area contributed by atoms with E-state index >= 15 is 0 Å². The highest BCUT2D eigenvalue weighted by molar-refractivity contribution is 6.42. The van der Waals surface area contributed by atoms with Crippen molar-refractivity contribution in [2.24, 2.45) is 5.73 Å². The van der Waals surface area contributed by atoms with Gasteiger partial charge < -0.3 is 10.5 Å². The van der Waals surface area contributed by atoms with Crippen LogP contribution in [0.1, 0.15) is 30.5 Å². The van der Waals surface area contributed by atoms with E-state index in [-0.39, 0.29) is 6.04 Å². The van der Waals surface area contributed by atoms with Crippen LogP contribution in [0.2, 0.25) is 10.0 Å². The minimum Gasteiger partial charge on any atom is -0.489 e. The van der Waals surface area contributed by atoms with Crippen molar-refractivity contribution in [2.75, 3.05) is 0 Å². The number of benzene rings is 2. The van der Waals surface area contributed by atoms with Gasteiger partial charge in [-0.15, -0.1) is 0 Å². The Kier molecular flexibility index (Phi) is 5.30. The molecule has 2 rings (SSSR count). The van der Waals surface area contributed by atoms with Gasteiger partial charge in [-0.3, -0.25) is 0 Å². The smallest absolute Gasteiger partial charge is 0.124 e. The van der Waals surface area contributed by atoms with Crippen LogP contribution in [-0.4, -0.2) is 0 Å². The zero-order chi connectivity index (χ0) is 14.5. The predicted octanol–water partition coefficient (Wildman–Crippen LogP) is 4.98. The molecule has 20 heavy (non-hydrogen) atoms. The van der Waals surface area contributed by atoms with Crippen molar-refractivity contribution in [1.82, 2.24) is 0 Å². The summed E-state index contributed by atoms with van der Waals surface area (Å²) in [6.07, 6.45) is 0.859. The van der Waals surface area contributed by atoms with Crippen LogP contribution in [-0.2, 0) is 6.61 Å². The van der Waals surface area contributed by atoms with Crippen molar-refractivity contribution in [2.45, 2.75) is 26.0 Å². The average molecular weight is 310 g/mol. The largest absolute Gasteiger partial charge is 0.489 e. The summed E-state index contributed by atoms with van der Waals surface area (Å²) < 4.78 is 5.86. The van der Waals surface area contributed by atoms with Crippen LogP contribution in [0.3, 0.4) is 0 Å². The third-order valence-corrected chi connectivity index (χ3v) is 4.03. The van der Waals surface area contributed by atoms with E-state index in [2.05, 4.69) is 6.92 Å². The Bertz CT molecular complexity index is 586. The van der Waals surface area contributed by atoms with Crippen LogP contribution in [0.4, 0.5) is 0 Å². The third-order valence-electron chi connectivity index (χ3n) is 3.17. The van der Waals surface area contributed by atoms with Gasteiger partial charge in [-0.2, -0.15) is 0 Å². The molecule has 2 N–H and O–H groups in total. The molecule has 0 spiro atoms. The number of hydrogen-bond donors (Lipinski definition) is 1. The van der Waals surface area contributed by atoms with E-state index in [1.165, 1.54) is 0 Å². The Morgan fingerprint density at radius 1 is 1.10 bits per heavy atom. The summed E-state index contributed by atoms with van der Waals surface area (Å²) in [6.45, 7) is 2.42. The second-order valence-corrected chi connectivity index (χ2v) is 5.34.